The highest BCUT2D eigenvalue weighted by Gasteiger charge is 2.25. The van der Waals surface area contributed by atoms with Gasteiger partial charge in [0, 0.05) is 32.2 Å². The van der Waals surface area contributed by atoms with Crippen molar-refractivity contribution in [3.63, 3.8) is 0 Å². The van der Waals surface area contributed by atoms with Crippen molar-refractivity contribution in [2.75, 3.05) is 26.2 Å². The highest BCUT2D eigenvalue weighted by Crippen LogP contribution is 2.27. The van der Waals surface area contributed by atoms with Crippen molar-refractivity contribution in [3.05, 3.63) is 0 Å². The van der Waals surface area contributed by atoms with Gasteiger partial charge < -0.3 is 5.32 Å². The van der Waals surface area contributed by atoms with Gasteiger partial charge in [-0.25, -0.2) is 0 Å². The van der Waals surface area contributed by atoms with Gasteiger partial charge in [0.05, 0.1) is 0 Å². The van der Waals surface area contributed by atoms with Crippen molar-refractivity contribution in [1.82, 2.24) is 10.2 Å². The fourth-order valence-electron chi connectivity index (χ4n) is 2.78. The summed E-state index contributed by atoms with van der Waals surface area (Å²) in [6.07, 6.45) is 5.81. The fraction of sp³-hybridized carbons (Fsp3) is 1.00. The molecule has 1 N–H and O–H groups in total. The van der Waals surface area contributed by atoms with Crippen LogP contribution in [-0.4, -0.2) is 37.1 Å². The number of nitrogens with zero attached hydrogens (tertiary/aromatic N) is 1. The van der Waals surface area contributed by atoms with Crippen molar-refractivity contribution in [3.8, 4) is 0 Å². The Kier molecular flexibility index (Phi) is 3.23. The molecule has 1 heterocycles. The molecule has 2 aliphatic rings. The maximum Gasteiger partial charge on any atom is 0.0110 e. The molecule has 2 rings (SSSR count). The molecule has 0 unspecified atom stereocenters. The zero-order valence-corrected chi connectivity index (χ0v) is 8.76. The normalized spacial score (nSPS) is 37.6. The van der Waals surface area contributed by atoms with Gasteiger partial charge in [0.2, 0.25) is 0 Å². The molecule has 1 aliphatic carbocycles. The first-order chi connectivity index (χ1) is 6.36. The van der Waals surface area contributed by atoms with Gasteiger partial charge in [-0.15, -0.1) is 0 Å². The molecule has 76 valence electrons. The smallest absolute Gasteiger partial charge is 0.0110 e. The largest absolute Gasteiger partial charge is 0.314 e. The van der Waals surface area contributed by atoms with Gasteiger partial charge in [-0.1, -0.05) is 19.8 Å². The van der Waals surface area contributed by atoms with E-state index in [1.165, 1.54) is 51.9 Å². The van der Waals surface area contributed by atoms with E-state index in [1.807, 2.05) is 0 Å². The minimum Gasteiger partial charge on any atom is -0.314 e. The molecule has 2 atom stereocenters. The van der Waals surface area contributed by atoms with E-state index in [1.54, 1.807) is 0 Å². The Hall–Kier alpha value is -0.0800. The SMILES string of the molecule is C[C@H]1CCC[C@H](N2CCNCC2)C1. The molecule has 0 radical (unpaired) electrons. The van der Waals surface area contributed by atoms with Gasteiger partial charge in [-0.3, -0.25) is 4.90 Å². The van der Waals surface area contributed by atoms with Crippen molar-refractivity contribution in [2.24, 2.45) is 5.92 Å². The predicted molar refractivity (Wildman–Crippen MR) is 55.9 cm³/mol. The summed E-state index contributed by atoms with van der Waals surface area (Å²) in [4.78, 5) is 2.70. The first-order valence-electron chi connectivity index (χ1n) is 5.81. The maximum atomic E-state index is 3.42. The second-order valence-corrected chi connectivity index (χ2v) is 4.71. The van der Waals surface area contributed by atoms with Crippen LogP contribution in [0.1, 0.15) is 32.6 Å². The molecule has 0 aromatic rings. The van der Waals surface area contributed by atoms with E-state index in [0.29, 0.717) is 0 Å². The molecule has 1 aliphatic heterocycles. The van der Waals surface area contributed by atoms with Gasteiger partial charge in [0.25, 0.3) is 0 Å². The van der Waals surface area contributed by atoms with E-state index in [0.717, 1.165) is 12.0 Å². The van der Waals surface area contributed by atoms with Crippen LogP contribution in [0.5, 0.6) is 0 Å². The molecule has 2 nitrogen and oxygen atoms in total. The topological polar surface area (TPSA) is 15.3 Å². The lowest BCUT2D eigenvalue weighted by molar-refractivity contribution is 0.120. The molecule has 0 amide bonds. The summed E-state index contributed by atoms with van der Waals surface area (Å²) >= 11 is 0. The Balaban J connectivity index is 1.83. The second-order valence-electron chi connectivity index (χ2n) is 4.71. The minimum absolute atomic E-state index is 0.908. The average Bonchev–Trinajstić information content (AvgIpc) is 2.19. The van der Waals surface area contributed by atoms with Crippen LogP contribution in [0.4, 0.5) is 0 Å². The number of rotatable bonds is 1. The standard InChI is InChI=1S/C11H22N2/c1-10-3-2-4-11(9-10)13-7-5-12-6-8-13/h10-12H,2-9H2,1H3/t10-,11-/m0/s1. The van der Waals surface area contributed by atoms with Crippen molar-refractivity contribution < 1.29 is 0 Å². The summed E-state index contributed by atoms with van der Waals surface area (Å²) in [7, 11) is 0. The zero-order chi connectivity index (χ0) is 9.10. The van der Waals surface area contributed by atoms with Gasteiger partial charge >= 0.3 is 0 Å². The summed E-state index contributed by atoms with van der Waals surface area (Å²) < 4.78 is 0. The third-order valence-corrected chi connectivity index (χ3v) is 3.58. The highest BCUT2D eigenvalue weighted by atomic mass is 15.2. The third kappa shape index (κ3) is 2.44. The summed E-state index contributed by atoms with van der Waals surface area (Å²) in [6.45, 7) is 7.36. The Morgan fingerprint density at radius 3 is 2.62 bits per heavy atom. The fourth-order valence-corrected chi connectivity index (χ4v) is 2.78. The van der Waals surface area contributed by atoms with Crippen LogP contribution in [0.3, 0.4) is 0 Å². The maximum absolute atomic E-state index is 3.42. The van der Waals surface area contributed by atoms with Crippen LogP contribution in [-0.2, 0) is 0 Å². The Morgan fingerprint density at radius 1 is 1.15 bits per heavy atom. The molecule has 0 spiro atoms. The van der Waals surface area contributed by atoms with E-state index >= 15 is 0 Å². The van der Waals surface area contributed by atoms with E-state index in [9.17, 15) is 0 Å². The van der Waals surface area contributed by atoms with E-state index in [-0.39, 0.29) is 0 Å². The highest BCUT2D eigenvalue weighted by molar-refractivity contribution is 4.81. The first-order valence-corrected chi connectivity index (χ1v) is 5.81. The average molecular weight is 182 g/mol. The lowest BCUT2D eigenvalue weighted by Crippen LogP contribution is -2.49. The molecule has 2 fully saturated rings. The number of hydrogen-bond donors (Lipinski definition) is 1. The van der Waals surface area contributed by atoms with Crippen LogP contribution in [0.2, 0.25) is 0 Å². The molecule has 13 heavy (non-hydrogen) atoms. The van der Waals surface area contributed by atoms with Gasteiger partial charge in [-0.05, 0) is 18.8 Å². The summed E-state index contributed by atoms with van der Waals surface area (Å²) in [5.74, 6) is 0.966. The van der Waals surface area contributed by atoms with Crippen molar-refractivity contribution in [2.45, 2.75) is 38.6 Å². The number of hydrogen-bond acceptors (Lipinski definition) is 2. The third-order valence-electron chi connectivity index (χ3n) is 3.58. The van der Waals surface area contributed by atoms with E-state index < -0.39 is 0 Å². The predicted octanol–water partition coefficient (Wildman–Crippen LogP) is 1.47. The Morgan fingerprint density at radius 2 is 1.92 bits per heavy atom. The van der Waals surface area contributed by atoms with Crippen LogP contribution in [0.25, 0.3) is 0 Å². The molecular formula is C11H22N2. The van der Waals surface area contributed by atoms with Gasteiger partial charge in [0.1, 0.15) is 0 Å². The molecule has 0 bridgehead atoms. The Labute approximate surface area is 81.7 Å². The molecule has 2 heteroatoms. The summed E-state index contributed by atoms with van der Waals surface area (Å²) in [6, 6.07) is 0.908. The van der Waals surface area contributed by atoms with Crippen molar-refractivity contribution >= 4 is 0 Å². The number of piperazine rings is 1. The van der Waals surface area contributed by atoms with Crippen LogP contribution >= 0.6 is 0 Å². The Bertz CT molecular complexity index is 152. The van der Waals surface area contributed by atoms with Crippen molar-refractivity contribution in [1.29, 1.82) is 0 Å². The van der Waals surface area contributed by atoms with Gasteiger partial charge in [-0.2, -0.15) is 0 Å². The van der Waals surface area contributed by atoms with Crippen LogP contribution in [0, 0.1) is 5.92 Å². The second kappa shape index (κ2) is 4.43. The quantitative estimate of drug-likeness (QED) is 0.660. The molecule has 0 aromatic heterocycles. The molecule has 1 saturated heterocycles. The van der Waals surface area contributed by atoms with Crippen LogP contribution < -0.4 is 5.32 Å². The zero-order valence-electron chi connectivity index (χ0n) is 8.76. The lowest BCUT2D eigenvalue weighted by Gasteiger charge is -2.38. The summed E-state index contributed by atoms with van der Waals surface area (Å²) in [5.41, 5.74) is 0. The lowest BCUT2D eigenvalue weighted by atomic mass is 9.86. The van der Waals surface area contributed by atoms with Crippen LogP contribution in [0.15, 0.2) is 0 Å². The van der Waals surface area contributed by atoms with E-state index in [2.05, 4.69) is 17.1 Å². The summed E-state index contributed by atoms with van der Waals surface area (Å²) in [5, 5.41) is 3.42. The molecular weight excluding hydrogens is 160 g/mol. The van der Waals surface area contributed by atoms with Gasteiger partial charge in [0.15, 0.2) is 0 Å². The minimum atomic E-state index is 0.908. The molecule has 0 aromatic carbocycles. The van der Waals surface area contributed by atoms with E-state index in [4.69, 9.17) is 0 Å². The monoisotopic (exact) mass is 182 g/mol. The first kappa shape index (κ1) is 9.47. The molecule has 1 saturated carbocycles. The number of nitrogens with one attached hydrogen (secondary N) is 1.